The Morgan fingerprint density at radius 1 is 1.12 bits per heavy atom. The quantitative estimate of drug-likeness (QED) is 0.577. The third-order valence-electron chi connectivity index (χ3n) is 2.98. The van der Waals surface area contributed by atoms with Crippen LogP contribution in [0.5, 0.6) is 0 Å². The number of hydrogen-bond donors (Lipinski definition) is 0. The van der Waals surface area contributed by atoms with Crippen LogP contribution in [-0.2, 0) is 4.84 Å². The second kappa shape index (κ2) is 5.62. The van der Waals surface area contributed by atoms with Gasteiger partial charge in [-0.15, -0.1) is 0 Å². The van der Waals surface area contributed by atoms with Crippen molar-refractivity contribution in [2.45, 2.75) is 39.0 Å². The molecule has 1 saturated carbocycles. The molecule has 2 rings (SSSR count). The first-order valence-electron chi connectivity index (χ1n) is 6.09. The van der Waals surface area contributed by atoms with E-state index in [1.165, 1.54) is 6.42 Å². The summed E-state index contributed by atoms with van der Waals surface area (Å²) >= 11 is 0. The van der Waals surface area contributed by atoms with Gasteiger partial charge in [0.05, 0.1) is 11.3 Å². The molecule has 1 fully saturated rings. The van der Waals surface area contributed by atoms with Crippen molar-refractivity contribution in [3.05, 3.63) is 35.4 Å². The van der Waals surface area contributed by atoms with Crippen LogP contribution >= 0.6 is 0 Å². The number of carbonyl (C=O) groups excluding carboxylic acids is 1. The molecule has 17 heavy (non-hydrogen) atoms. The summed E-state index contributed by atoms with van der Waals surface area (Å²) in [7, 11) is 0. The number of hydrogen-bond acceptors (Lipinski definition) is 3. The minimum absolute atomic E-state index is 0.372. The Kier molecular flexibility index (Phi) is 3.91. The fourth-order valence-corrected chi connectivity index (χ4v) is 1.90. The van der Waals surface area contributed by atoms with Crippen LogP contribution in [0, 0.1) is 6.92 Å². The summed E-state index contributed by atoms with van der Waals surface area (Å²) in [6, 6.07) is 7.31. The highest BCUT2D eigenvalue weighted by molar-refractivity contribution is 5.91. The summed E-state index contributed by atoms with van der Waals surface area (Å²) in [5, 5.41) is 3.95. The van der Waals surface area contributed by atoms with Gasteiger partial charge in [0.25, 0.3) is 0 Å². The molecule has 1 aromatic carbocycles. The van der Waals surface area contributed by atoms with Gasteiger partial charge in [-0.3, -0.25) is 0 Å². The first kappa shape index (κ1) is 11.8. The molecule has 0 unspecified atom stereocenters. The third-order valence-corrected chi connectivity index (χ3v) is 2.98. The monoisotopic (exact) mass is 231 g/mol. The van der Waals surface area contributed by atoms with E-state index in [1.54, 1.807) is 12.1 Å². The lowest BCUT2D eigenvalue weighted by Crippen LogP contribution is -2.08. The van der Waals surface area contributed by atoms with Crippen LogP contribution in [0.1, 0.15) is 48.0 Å². The lowest BCUT2D eigenvalue weighted by molar-refractivity contribution is 0.0513. The molecule has 0 amide bonds. The van der Waals surface area contributed by atoms with Crippen LogP contribution in [0.4, 0.5) is 0 Å². The minimum atomic E-state index is -0.372. The summed E-state index contributed by atoms with van der Waals surface area (Å²) in [5.41, 5.74) is 2.69. The van der Waals surface area contributed by atoms with Crippen molar-refractivity contribution in [3.8, 4) is 0 Å². The number of carbonyl (C=O) groups is 1. The van der Waals surface area contributed by atoms with Crippen molar-refractivity contribution >= 4 is 11.7 Å². The highest BCUT2D eigenvalue weighted by atomic mass is 16.7. The summed E-state index contributed by atoms with van der Waals surface area (Å²) in [6.45, 7) is 1.98. The maximum atomic E-state index is 11.7. The van der Waals surface area contributed by atoms with Crippen molar-refractivity contribution in [1.29, 1.82) is 0 Å². The average molecular weight is 231 g/mol. The van der Waals surface area contributed by atoms with Crippen LogP contribution in [0.25, 0.3) is 0 Å². The summed E-state index contributed by atoms with van der Waals surface area (Å²) in [5.74, 6) is -0.372. The Morgan fingerprint density at radius 3 is 2.41 bits per heavy atom. The van der Waals surface area contributed by atoms with Gasteiger partial charge in [0, 0.05) is 0 Å². The van der Waals surface area contributed by atoms with E-state index in [1.807, 2.05) is 19.1 Å². The highest BCUT2D eigenvalue weighted by Gasteiger charge is 2.10. The molecule has 3 heteroatoms. The zero-order valence-corrected chi connectivity index (χ0v) is 10.1. The number of aryl methyl sites for hydroxylation is 1. The fourth-order valence-electron chi connectivity index (χ4n) is 1.90. The molecule has 3 nitrogen and oxygen atoms in total. The van der Waals surface area contributed by atoms with Crippen molar-refractivity contribution in [3.63, 3.8) is 0 Å². The van der Waals surface area contributed by atoms with E-state index in [2.05, 4.69) is 5.16 Å². The average Bonchev–Trinajstić information content (AvgIpc) is 2.38. The Morgan fingerprint density at radius 2 is 1.76 bits per heavy atom. The van der Waals surface area contributed by atoms with Crippen molar-refractivity contribution in [2.75, 3.05) is 0 Å². The molecular weight excluding hydrogens is 214 g/mol. The number of benzene rings is 1. The van der Waals surface area contributed by atoms with E-state index < -0.39 is 0 Å². The highest BCUT2D eigenvalue weighted by Crippen LogP contribution is 2.15. The van der Waals surface area contributed by atoms with Crippen LogP contribution in [0.2, 0.25) is 0 Å². The molecule has 0 atom stereocenters. The Balaban J connectivity index is 1.94. The van der Waals surface area contributed by atoms with Crippen LogP contribution < -0.4 is 0 Å². The minimum Gasteiger partial charge on any atom is -0.313 e. The predicted molar refractivity (Wildman–Crippen MR) is 67.1 cm³/mol. The summed E-state index contributed by atoms with van der Waals surface area (Å²) in [4.78, 5) is 16.6. The standard InChI is InChI=1S/C14H17NO2/c1-11-7-9-12(10-8-11)14(16)17-15-13-5-3-2-4-6-13/h7-10H,2-6H2,1H3. The molecular formula is C14H17NO2. The smallest absolute Gasteiger partial charge is 0.313 e. The van der Waals surface area contributed by atoms with Gasteiger partial charge in [-0.1, -0.05) is 29.3 Å². The van der Waals surface area contributed by atoms with E-state index in [0.717, 1.165) is 37.0 Å². The van der Waals surface area contributed by atoms with Gasteiger partial charge in [-0.25, -0.2) is 4.79 Å². The van der Waals surface area contributed by atoms with Gasteiger partial charge in [0.1, 0.15) is 0 Å². The first-order chi connectivity index (χ1) is 8.25. The second-order valence-corrected chi connectivity index (χ2v) is 4.46. The van der Waals surface area contributed by atoms with E-state index >= 15 is 0 Å². The maximum absolute atomic E-state index is 11.7. The molecule has 0 N–H and O–H groups in total. The molecule has 1 aromatic rings. The van der Waals surface area contributed by atoms with Crippen molar-refractivity contribution < 1.29 is 9.63 Å². The van der Waals surface area contributed by atoms with Crippen molar-refractivity contribution in [1.82, 2.24) is 0 Å². The summed E-state index contributed by atoms with van der Waals surface area (Å²) in [6.07, 6.45) is 5.48. The van der Waals surface area contributed by atoms with Gasteiger partial charge in [0.2, 0.25) is 0 Å². The molecule has 1 aliphatic rings. The van der Waals surface area contributed by atoms with Crippen molar-refractivity contribution in [2.24, 2.45) is 5.16 Å². The summed E-state index contributed by atoms with van der Waals surface area (Å²) < 4.78 is 0. The Bertz CT molecular complexity index is 412. The molecule has 0 aromatic heterocycles. The van der Waals surface area contributed by atoms with E-state index in [-0.39, 0.29) is 5.97 Å². The third kappa shape index (κ3) is 3.41. The zero-order chi connectivity index (χ0) is 12.1. The van der Waals surface area contributed by atoms with Gasteiger partial charge in [-0.05, 0) is 44.7 Å². The second-order valence-electron chi connectivity index (χ2n) is 4.46. The number of nitrogens with zero attached hydrogens (tertiary/aromatic N) is 1. The van der Waals surface area contributed by atoms with Gasteiger partial charge in [-0.2, -0.15) is 0 Å². The molecule has 0 radical (unpaired) electrons. The van der Waals surface area contributed by atoms with Crippen LogP contribution in [0.15, 0.2) is 29.4 Å². The lowest BCUT2D eigenvalue weighted by atomic mass is 9.99. The molecule has 0 aliphatic heterocycles. The van der Waals surface area contributed by atoms with Gasteiger partial charge in [0.15, 0.2) is 0 Å². The van der Waals surface area contributed by atoms with Gasteiger partial charge < -0.3 is 4.84 Å². The van der Waals surface area contributed by atoms with E-state index in [4.69, 9.17) is 4.84 Å². The van der Waals surface area contributed by atoms with Crippen LogP contribution in [0.3, 0.4) is 0 Å². The van der Waals surface area contributed by atoms with E-state index in [0.29, 0.717) is 5.56 Å². The molecule has 0 bridgehead atoms. The maximum Gasteiger partial charge on any atom is 0.365 e. The molecule has 90 valence electrons. The van der Waals surface area contributed by atoms with E-state index in [9.17, 15) is 4.79 Å². The largest absolute Gasteiger partial charge is 0.365 e. The first-order valence-corrected chi connectivity index (χ1v) is 6.09. The Labute approximate surface area is 101 Å². The molecule has 0 saturated heterocycles. The fraction of sp³-hybridized carbons (Fsp3) is 0.429. The molecule has 0 spiro atoms. The topological polar surface area (TPSA) is 38.7 Å². The molecule has 0 heterocycles. The van der Waals surface area contributed by atoms with Gasteiger partial charge >= 0.3 is 5.97 Å². The predicted octanol–water partition coefficient (Wildman–Crippen LogP) is 3.47. The Hall–Kier alpha value is -1.64. The molecule has 1 aliphatic carbocycles. The lowest BCUT2D eigenvalue weighted by Gasteiger charge is -2.10. The number of rotatable bonds is 2. The zero-order valence-electron chi connectivity index (χ0n) is 10.1. The SMILES string of the molecule is Cc1ccc(C(=O)ON=C2CCCCC2)cc1. The normalized spacial score (nSPS) is 15.5. The van der Waals surface area contributed by atoms with Crippen LogP contribution in [-0.4, -0.2) is 11.7 Å². The number of oxime groups is 1.